The molecule has 2 N–H and O–H groups in total. The molecule has 0 bridgehead atoms. The molecule has 5 nitrogen and oxygen atoms in total. The highest BCUT2D eigenvalue weighted by Gasteiger charge is 2.19. The van der Waals surface area contributed by atoms with Crippen LogP contribution in [-0.4, -0.2) is 44.1 Å². The predicted octanol–water partition coefficient (Wildman–Crippen LogP) is 0.828. The standard InChI is InChI=1S/C11H20N2O3S2/c1-10(9-11-5-3-8-17-11)12-18(15,16)13(2)6-4-7-14/h3,5,8,10,12,14H,4,6-7,9H2,1-2H3. The minimum absolute atomic E-state index is 0.00932. The molecule has 1 rings (SSSR count). The van der Waals surface area contributed by atoms with Crippen LogP contribution in [0.3, 0.4) is 0 Å². The Morgan fingerprint density at radius 1 is 1.56 bits per heavy atom. The van der Waals surface area contributed by atoms with E-state index in [1.807, 2.05) is 24.4 Å². The van der Waals surface area contributed by atoms with Crippen LogP contribution < -0.4 is 4.72 Å². The molecular formula is C11H20N2O3S2. The van der Waals surface area contributed by atoms with Crippen molar-refractivity contribution < 1.29 is 13.5 Å². The van der Waals surface area contributed by atoms with Gasteiger partial charge in [0.15, 0.2) is 0 Å². The molecule has 0 aliphatic rings. The Kier molecular flexibility index (Phi) is 6.24. The second-order valence-electron chi connectivity index (χ2n) is 4.21. The van der Waals surface area contributed by atoms with E-state index in [0.717, 1.165) is 4.88 Å². The third-order valence-corrected chi connectivity index (χ3v) is 5.08. The topological polar surface area (TPSA) is 69.6 Å². The molecule has 1 atom stereocenters. The van der Waals surface area contributed by atoms with Crippen molar-refractivity contribution in [3.8, 4) is 0 Å². The van der Waals surface area contributed by atoms with Gasteiger partial charge in [0, 0.05) is 31.1 Å². The van der Waals surface area contributed by atoms with E-state index >= 15 is 0 Å². The quantitative estimate of drug-likeness (QED) is 0.745. The van der Waals surface area contributed by atoms with E-state index in [9.17, 15) is 8.42 Å². The Labute approximate surface area is 113 Å². The van der Waals surface area contributed by atoms with Crippen molar-refractivity contribution in [3.05, 3.63) is 22.4 Å². The summed E-state index contributed by atoms with van der Waals surface area (Å²) in [6.07, 6.45) is 1.13. The number of hydrogen-bond donors (Lipinski definition) is 2. The molecule has 0 amide bonds. The Bertz CT molecular complexity index is 431. The SMILES string of the molecule is CC(Cc1cccs1)NS(=O)(=O)N(C)CCCO. The summed E-state index contributed by atoms with van der Waals surface area (Å²) in [6.45, 7) is 2.15. The minimum atomic E-state index is -3.46. The van der Waals surface area contributed by atoms with E-state index < -0.39 is 10.2 Å². The Morgan fingerprint density at radius 2 is 2.28 bits per heavy atom. The van der Waals surface area contributed by atoms with Crippen LogP contribution in [0, 0.1) is 0 Å². The fourth-order valence-corrected chi connectivity index (χ4v) is 3.51. The molecule has 0 radical (unpaired) electrons. The first-order valence-electron chi connectivity index (χ1n) is 5.82. The van der Waals surface area contributed by atoms with Gasteiger partial charge in [0.25, 0.3) is 10.2 Å². The van der Waals surface area contributed by atoms with Gasteiger partial charge in [-0.15, -0.1) is 11.3 Å². The number of hydrogen-bond acceptors (Lipinski definition) is 4. The number of nitrogens with one attached hydrogen (secondary N) is 1. The lowest BCUT2D eigenvalue weighted by Gasteiger charge is -2.20. The lowest BCUT2D eigenvalue weighted by atomic mass is 10.2. The Hall–Kier alpha value is -0.470. The Balaban J connectivity index is 2.49. The second kappa shape index (κ2) is 7.20. The van der Waals surface area contributed by atoms with E-state index in [-0.39, 0.29) is 12.6 Å². The zero-order valence-corrected chi connectivity index (χ0v) is 12.3. The average molecular weight is 292 g/mol. The molecule has 0 saturated carbocycles. The van der Waals surface area contributed by atoms with Crippen molar-refractivity contribution in [3.63, 3.8) is 0 Å². The largest absolute Gasteiger partial charge is 0.396 e. The van der Waals surface area contributed by atoms with Gasteiger partial charge in [-0.3, -0.25) is 0 Å². The van der Waals surface area contributed by atoms with Crippen molar-refractivity contribution in [1.29, 1.82) is 0 Å². The van der Waals surface area contributed by atoms with E-state index in [1.165, 1.54) is 11.4 Å². The van der Waals surface area contributed by atoms with Crippen LogP contribution in [-0.2, 0) is 16.6 Å². The van der Waals surface area contributed by atoms with Crippen molar-refractivity contribution >= 4 is 21.5 Å². The molecule has 0 aliphatic heterocycles. The van der Waals surface area contributed by atoms with E-state index in [2.05, 4.69) is 4.72 Å². The fraction of sp³-hybridized carbons (Fsp3) is 0.636. The summed E-state index contributed by atoms with van der Waals surface area (Å²) in [5, 5.41) is 10.7. The number of rotatable bonds is 8. The van der Waals surface area contributed by atoms with Crippen molar-refractivity contribution in [2.75, 3.05) is 20.2 Å². The van der Waals surface area contributed by atoms with Crippen LogP contribution in [0.4, 0.5) is 0 Å². The zero-order valence-electron chi connectivity index (χ0n) is 10.7. The summed E-state index contributed by atoms with van der Waals surface area (Å²) in [5.74, 6) is 0. The van der Waals surface area contributed by atoms with Crippen molar-refractivity contribution in [2.24, 2.45) is 0 Å². The van der Waals surface area contributed by atoms with E-state index in [1.54, 1.807) is 11.3 Å². The molecule has 7 heteroatoms. The fourth-order valence-electron chi connectivity index (χ4n) is 1.53. The minimum Gasteiger partial charge on any atom is -0.396 e. The first-order valence-corrected chi connectivity index (χ1v) is 8.14. The summed E-state index contributed by atoms with van der Waals surface area (Å²) in [7, 11) is -1.95. The first-order chi connectivity index (χ1) is 8.45. The third kappa shape index (κ3) is 5.03. The van der Waals surface area contributed by atoms with Crippen LogP contribution in [0.15, 0.2) is 17.5 Å². The lowest BCUT2D eigenvalue weighted by Crippen LogP contribution is -2.43. The van der Waals surface area contributed by atoms with E-state index in [0.29, 0.717) is 19.4 Å². The normalized spacial score (nSPS) is 14.0. The second-order valence-corrected chi connectivity index (χ2v) is 7.05. The van der Waals surface area contributed by atoms with Gasteiger partial charge in [0.2, 0.25) is 0 Å². The zero-order chi connectivity index (χ0) is 13.6. The molecule has 0 aliphatic carbocycles. The molecule has 1 aromatic rings. The van der Waals surface area contributed by atoms with Gasteiger partial charge in [-0.05, 0) is 31.2 Å². The van der Waals surface area contributed by atoms with Gasteiger partial charge >= 0.3 is 0 Å². The number of aliphatic hydroxyl groups excluding tert-OH is 1. The molecule has 0 saturated heterocycles. The van der Waals surface area contributed by atoms with Gasteiger partial charge in [-0.2, -0.15) is 17.4 Å². The molecular weight excluding hydrogens is 272 g/mol. The van der Waals surface area contributed by atoms with Crippen LogP contribution in [0.1, 0.15) is 18.2 Å². The van der Waals surface area contributed by atoms with Gasteiger partial charge in [-0.1, -0.05) is 6.07 Å². The third-order valence-electron chi connectivity index (χ3n) is 2.48. The monoisotopic (exact) mass is 292 g/mol. The van der Waals surface area contributed by atoms with Crippen molar-refractivity contribution in [1.82, 2.24) is 9.03 Å². The smallest absolute Gasteiger partial charge is 0.279 e. The summed E-state index contributed by atoms with van der Waals surface area (Å²) in [4.78, 5) is 1.16. The van der Waals surface area contributed by atoms with Gasteiger partial charge in [-0.25, -0.2) is 0 Å². The highest BCUT2D eigenvalue weighted by molar-refractivity contribution is 7.87. The first kappa shape index (κ1) is 15.6. The molecule has 0 spiro atoms. The maximum Gasteiger partial charge on any atom is 0.279 e. The predicted molar refractivity (Wildman–Crippen MR) is 73.9 cm³/mol. The molecule has 1 unspecified atom stereocenters. The summed E-state index contributed by atoms with van der Waals surface area (Å²) in [6, 6.07) is 3.80. The molecule has 1 aromatic heterocycles. The highest BCUT2D eigenvalue weighted by Crippen LogP contribution is 2.11. The molecule has 1 heterocycles. The summed E-state index contributed by atoms with van der Waals surface area (Å²) >= 11 is 1.62. The molecule has 0 aromatic carbocycles. The maximum absolute atomic E-state index is 11.9. The summed E-state index contributed by atoms with van der Waals surface area (Å²) in [5.41, 5.74) is 0. The van der Waals surface area contributed by atoms with E-state index in [4.69, 9.17) is 5.11 Å². The maximum atomic E-state index is 11.9. The van der Waals surface area contributed by atoms with Crippen LogP contribution >= 0.6 is 11.3 Å². The molecule has 18 heavy (non-hydrogen) atoms. The molecule has 0 fully saturated rings. The van der Waals surface area contributed by atoms with Crippen molar-refractivity contribution in [2.45, 2.75) is 25.8 Å². The number of nitrogens with zero attached hydrogens (tertiary/aromatic N) is 1. The average Bonchev–Trinajstić information content (AvgIpc) is 2.77. The van der Waals surface area contributed by atoms with Gasteiger partial charge in [0.05, 0.1) is 0 Å². The lowest BCUT2D eigenvalue weighted by molar-refractivity contribution is 0.275. The molecule has 104 valence electrons. The van der Waals surface area contributed by atoms with Crippen LogP contribution in [0.5, 0.6) is 0 Å². The van der Waals surface area contributed by atoms with Gasteiger partial charge in [0.1, 0.15) is 0 Å². The number of aliphatic hydroxyl groups is 1. The van der Waals surface area contributed by atoms with Crippen LogP contribution in [0.2, 0.25) is 0 Å². The highest BCUT2D eigenvalue weighted by atomic mass is 32.2. The summed E-state index contributed by atoms with van der Waals surface area (Å²) < 4.78 is 27.7. The number of thiophene rings is 1. The van der Waals surface area contributed by atoms with Crippen LogP contribution in [0.25, 0.3) is 0 Å². The Morgan fingerprint density at radius 3 is 2.83 bits per heavy atom. The van der Waals surface area contributed by atoms with Gasteiger partial charge < -0.3 is 5.11 Å².